The van der Waals surface area contributed by atoms with E-state index >= 15 is 0 Å². The van der Waals surface area contributed by atoms with Crippen molar-refractivity contribution < 1.29 is 23.8 Å². The number of halogens is 2. The number of rotatable bonds is 12. The average Bonchev–Trinajstić information content (AvgIpc) is 3.77. The third-order valence-corrected chi connectivity index (χ3v) is 13.8. The van der Waals surface area contributed by atoms with Crippen molar-refractivity contribution in [1.29, 1.82) is 0 Å². The third kappa shape index (κ3) is 9.66. The maximum Gasteiger partial charge on any atom is 0.328 e. The predicted molar refractivity (Wildman–Crippen MR) is 245 cm³/mol. The van der Waals surface area contributed by atoms with Crippen molar-refractivity contribution in [2.24, 2.45) is 0 Å². The molecule has 9 nitrogen and oxygen atoms in total. The van der Waals surface area contributed by atoms with Crippen LogP contribution in [0.1, 0.15) is 95.9 Å². The third-order valence-electron chi connectivity index (χ3n) is 13.0. The zero-order valence-corrected chi connectivity index (χ0v) is 37.8. The van der Waals surface area contributed by atoms with Crippen molar-refractivity contribution in [3.05, 3.63) is 146 Å². The molecule has 4 aromatic carbocycles. The summed E-state index contributed by atoms with van der Waals surface area (Å²) in [6.45, 7) is 8.23. The molecule has 62 heavy (non-hydrogen) atoms. The second kappa shape index (κ2) is 19.2. The molecule has 1 amide bonds. The number of carbonyl (C=O) groups is 2. The molecule has 0 spiro atoms. The van der Waals surface area contributed by atoms with Crippen LogP contribution >= 0.6 is 23.2 Å². The Balaban J connectivity index is 0.987. The Labute approximate surface area is 375 Å². The molecule has 1 aliphatic carbocycles. The van der Waals surface area contributed by atoms with E-state index in [1.54, 1.807) is 6.07 Å². The number of amides is 1. The van der Waals surface area contributed by atoms with Crippen LogP contribution in [-0.4, -0.2) is 65.5 Å². The van der Waals surface area contributed by atoms with Gasteiger partial charge in [-0.2, -0.15) is 0 Å². The van der Waals surface area contributed by atoms with Gasteiger partial charge in [-0.3, -0.25) is 19.6 Å². The summed E-state index contributed by atoms with van der Waals surface area (Å²) < 4.78 is 18.5. The second-order valence-corrected chi connectivity index (χ2v) is 18.0. The number of likely N-dealkylation sites (N-methyl/N-ethyl adjacent to an activating group) is 1. The molecular weight excluding hydrogens is 819 g/mol. The fourth-order valence-electron chi connectivity index (χ4n) is 9.42. The summed E-state index contributed by atoms with van der Waals surface area (Å²) in [5, 5.41) is 4.19. The molecule has 0 unspecified atom stereocenters. The van der Waals surface area contributed by atoms with E-state index in [-0.39, 0.29) is 24.2 Å². The quantitative estimate of drug-likeness (QED) is 0.124. The van der Waals surface area contributed by atoms with Crippen LogP contribution in [0.15, 0.2) is 91.1 Å². The van der Waals surface area contributed by atoms with E-state index in [4.69, 9.17) is 37.4 Å². The number of carbonyl (C=O) groups excluding carboxylic acids is 2. The molecule has 0 saturated heterocycles. The van der Waals surface area contributed by atoms with Crippen LogP contribution in [0.5, 0.6) is 11.5 Å². The summed E-state index contributed by atoms with van der Waals surface area (Å²) >= 11 is 12.5. The Hall–Kier alpha value is -4.93. The van der Waals surface area contributed by atoms with Crippen LogP contribution in [0.2, 0.25) is 10.0 Å². The van der Waals surface area contributed by atoms with Gasteiger partial charge in [0.15, 0.2) is 0 Å². The molecule has 5 aromatic rings. The van der Waals surface area contributed by atoms with Gasteiger partial charge in [-0.15, -0.1) is 0 Å². The van der Waals surface area contributed by atoms with Crippen molar-refractivity contribution in [2.75, 3.05) is 20.7 Å². The van der Waals surface area contributed by atoms with Crippen LogP contribution in [0.4, 0.5) is 0 Å². The van der Waals surface area contributed by atoms with Crippen molar-refractivity contribution in [2.45, 2.75) is 109 Å². The fraction of sp³-hybridized carbons (Fsp3) is 0.392. The highest BCUT2D eigenvalue weighted by atomic mass is 35.5. The number of nitrogens with one attached hydrogen (secondary N) is 1. The minimum atomic E-state index is -0.822. The van der Waals surface area contributed by atoms with Gasteiger partial charge in [0.1, 0.15) is 29.7 Å². The Morgan fingerprint density at radius 3 is 2.37 bits per heavy atom. The number of hydrogen-bond donors (Lipinski definition) is 1. The number of aromatic nitrogens is 1. The van der Waals surface area contributed by atoms with Gasteiger partial charge in [0.2, 0.25) is 5.91 Å². The molecule has 1 N–H and O–H groups in total. The van der Waals surface area contributed by atoms with E-state index in [1.165, 1.54) is 12.7 Å². The van der Waals surface area contributed by atoms with Gasteiger partial charge in [0, 0.05) is 49.6 Å². The van der Waals surface area contributed by atoms with Gasteiger partial charge < -0.3 is 19.5 Å². The van der Waals surface area contributed by atoms with E-state index in [2.05, 4.69) is 77.4 Å². The maximum atomic E-state index is 14.5. The minimum absolute atomic E-state index is 0.143. The first-order chi connectivity index (χ1) is 30.0. The van der Waals surface area contributed by atoms with Crippen molar-refractivity contribution >= 4 is 35.1 Å². The van der Waals surface area contributed by atoms with E-state index in [9.17, 15) is 9.59 Å². The van der Waals surface area contributed by atoms with Crippen LogP contribution in [0.3, 0.4) is 0 Å². The first-order valence-corrected chi connectivity index (χ1v) is 22.6. The van der Waals surface area contributed by atoms with Gasteiger partial charge in [-0.1, -0.05) is 91.5 Å². The summed E-state index contributed by atoms with van der Waals surface area (Å²) in [5.74, 6) is 1.05. The topological polar surface area (TPSA) is 93.2 Å². The number of aryl methyl sites for hydroxylation is 1. The van der Waals surface area contributed by atoms with Gasteiger partial charge in [0.05, 0.1) is 23.2 Å². The predicted octanol–water partition coefficient (Wildman–Crippen LogP) is 10.3. The van der Waals surface area contributed by atoms with Crippen LogP contribution in [0, 0.1) is 13.8 Å². The van der Waals surface area contributed by atoms with Crippen LogP contribution < -0.4 is 14.8 Å². The van der Waals surface area contributed by atoms with Crippen LogP contribution in [-0.2, 0) is 40.3 Å². The number of hydrogen-bond acceptors (Lipinski definition) is 8. The molecule has 3 aliphatic rings. The lowest BCUT2D eigenvalue weighted by atomic mass is 9.89. The summed E-state index contributed by atoms with van der Waals surface area (Å²) in [6, 6.07) is 27.5. The molecule has 4 atom stereocenters. The zero-order valence-electron chi connectivity index (χ0n) is 36.3. The molecule has 0 bridgehead atoms. The normalized spacial score (nSPS) is 19.1. The SMILES string of the molecule is CC[C@@H](Oc1ccc([C@H]2CN(C)Cc3cc4c(cc3O2)CN(C2CCCC2)[C@H](C(=O)N[C@@H](Cc2ccc(-c3ccnc(C)c3C)cc2)C(=O)OC)C4)cc1)c1ccc(Cl)c(Cl)c1. The molecule has 8 rings (SSSR count). The molecule has 2 aliphatic heterocycles. The summed E-state index contributed by atoms with van der Waals surface area (Å²) in [7, 11) is 3.49. The summed E-state index contributed by atoms with van der Waals surface area (Å²) in [6.07, 6.45) is 7.50. The van der Waals surface area contributed by atoms with Crippen LogP contribution in [0.25, 0.3) is 11.1 Å². The lowest BCUT2D eigenvalue weighted by Gasteiger charge is -2.40. The first-order valence-electron chi connectivity index (χ1n) is 21.8. The van der Waals surface area contributed by atoms with Crippen molar-refractivity contribution in [3.63, 3.8) is 0 Å². The highest BCUT2D eigenvalue weighted by Crippen LogP contribution is 2.39. The first kappa shape index (κ1) is 43.7. The molecule has 1 saturated carbocycles. The lowest BCUT2D eigenvalue weighted by Crippen LogP contribution is -2.56. The molecule has 3 heterocycles. The van der Waals surface area contributed by atoms with E-state index in [0.717, 1.165) is 100 Å². The van der Waals surface area contributed by atoms with Gasteiger partial charge in [-0.05, 0) is 127 Å². The molecule has 1 aromatic heterocycles. The highest BCUT2D eigenvalue weighted by molar-refractivity contribution is 6.42. The molecular formula is C51H56Cl2N4O5. The van der Waals surface area contributed by atoms with Crippen molar-refractivity contribution in [1.82, 2.24) is 20.1 Å². The Kier molecular flexibility index (Phi) is 13.5. The number of benzene rings is 4. The summed E-state index contributed by atoms with van der Waals surface area (Å²) in [4.78, 5) is 36.8. The van der Waals surface area contributed by atoms with Gasteiger partial charge in [-0.25, -0.2) is 4.79 Å². The fourth-order valence-corrected chi connectivity index (χ4v) is 9.73. The number of nitrogens with zero attached hydrogens (tertiary/aromatic N) is 3. The van der Waals surface area contributed by atoms with E-state index in [0.29, 0.717) is 36.0 Å². The Morgan fingerprint density at radius 1 is 0.903 bits per heavy atom. The number of fused-ring (bicyclic) bond motifs is 2. The smallest absolute Gasteiger partial charge is 0.328 e. The maximum absolute atomic E-state index is 14.5. The molecule has 0 radical (unpaired) electrons. The van der Waals surface area contributed by atoms with Crippen molar-refractivity contribution in [3.8, 4) is 22.6 Å². The molecule has 324 valence electrons. The second-order valence-electron chi connectivity index (χ2n) is 17.2. The number of ether oxygens (including phenoxy) is 3. The highest BCUT2D eigenvalue weighted by Gasteiger charge is 2.39. The minimum Gasteiger partial charge on any atom is -0.486 e. The molecule has 11 heteroatoms. The largest absolute Gasteiger partial charge is 0.486 e. The lowest BCUT2D eigenvalue weighted by molar-refractivity contribution is -0.146. The molecule has 1 fully saturated rings. The monoisotopic (exact) mass is 874 g/mol. The van der Waals surface area contributed by atoms with Gasteiger partial charge in [0.25, 0.3) is 0 Å². The van der Waals surface area contributed by atoms with Gasteiger partial charge >= 0.3 is 5.97 Å². The summed E-state index contributed by atoms with van der Waals surface area (Å²) in [5.41, 5.74) is 10.8. The Morgan fingerprint density at radius 2 is 1.66 bits per heavy atom. The number of pyridine rings is 1. The van der Waals surface area contributed by atoms with E-state index < -0.39 is 18.1 Å². The number of methoxy groups -OCH3 is 1. The number of esters is 1. The zero-order chi connectivity index (χ0) is 43.5. The van der Waals surface area contributed by atoms with E-state index in [1.807, 2.05) is 55.6 Å². The standard InChI is InChI=1S/C51H56Cl2N4O5/c1-6-47(36-17-20-43(52)44(53)25-36)61-41-18-15-35(16-19-41)49-30-56(4)28-39-24-37-26-46(57(40-9-7-8-10-40)29-38(37)27-48(39)62-49)50(58)55-45(51(59)60-5)23-33-11-13-34(14-12-33)42-21-22-54-32(3)31(42)2/h11-22,24-25,27,40,45-47,49H,6-10,23,26,28-30H2,1-5H3,(H,55,58)/t45-,46-,47+,49+/m0/s1. The Bertz CT molecular complexity index is 2400. The average molecular weight is 876 g/mol.